The minimum atomic E-state index is 0.0132. The van der Waals surface area contributed by atoms with Gasteiger partial charge in [0, 0.05) is 19.4 Å². The van der Waals surface area contributed by atoms with Crippen LogP contribution in [0.25, 0.3) is 0 Å². The fourth-order valence-electron chi connectivity index (χ4n) is 1.76. The summed E-state index contributed by atoms with van der Waals surface area (Å²) in [6.07, 6.45) is 2.66. The van der Waals surface area contributed by atoms with E-state index in [1.165, 1.54) is 0 Å². The predicted molar refractivity (Wildman–Crippen MR) is 71.9 cm³/mol. The van der Waals surface area contributed by atoms with E-state index in [0.717, 1.165) is 17.1 Å². The highest BCUT2D eigenvalue weighted by atomic mass is 16.5. The van der Waals surface area contributed by atoms with Crippen LogP contribution in [0.1, 0.15) is 17.7 Å². The van der Waals surface area contributed by atoms with Crippen LogP contribution >= 0.6 is 0 Å². The summed E-state index contributed by atoms with van der Waals surface area (Å²) >= 11 is 0. The number of aryl methyl sites for hydroxylation is 1. The molecule has 4 nitrogen and oxygen atoms in total. The molecule has 0 atom stereocenters. The standard InChI is InChI=1S/C15H17NO3/c1-18-14-5-2-4-12(10-14)11-16-15(17)8-7-13-6-3-9-19-13/h2-6,9-10H,7-8,11H2,1H3,(H,16,17). The number of furan rings is 1. The monoisotopic (exact) mass is 259 g/mol. The second-order valence-corrected chi connectivity index (χ2v) is 4.21. The molecule has 0 saturated carbocycles. The summed E-state index contributed by atoms with van der Waals surface area (Å²) in [5.41, 5.74) is 1.02. The van der Waals surface area contributed by atoms with Crippen LogP contribution in [0.5, 0.6) is 5.75 Å². The fourth-order valence-corrected chi connectivity index (χ4v) is 1.76. The highest BCUT2D eigenvalue weighted by Gasteiger charge is 2.04. The molecule has 4 heteroatoms. The average molecular weight is 259 g/mol. The third kappa shape index (κ3) is 4.17. The molecule has 0 aliphatic heterocycles. The molecule has 0 unspecified atom stereocenters. The average Bonchev–Trinajstić information content (AvgIpc) is 2.96. The first-order chi connectivity index (χ1) is 9.28. The van der Waals surface area contributed by atoms with Gasteiger partial charge in [-0.25, -0.2) is 0 Å². The van der Waals surface area contributed by atoms with Crippen molar-refractivity contribution in [2.75, 3.05) is 7.11 Å². The van der Waals surface area contributed by atoms with Crippen molar-refractivity contribution in [3.05, 3.63) is 54.0 Å². The molecule has 0 radical (unpaired) electrons. The van der Waals surface area contributed by atoms with Crippen molar-refractivity contribution in [3.8, 4) is 5.75 Å². The molecule has 0 bridgehead atoms. The van der Waals surface area contributed by atoms with Crippen molar-refractivity contribution in [2.45, 2.75) is 19.4 Å². The maximum atomic E-state index is 11.7. The van der Waals surface area contributed by atoms with Crippen LogP contribution in [-0.2, 0) is 17.8 Å². The van der Waals surface area contributed by atoms with E-state index in [9.17, 15) is 4.79 Å². The number of nitrogens with one attached hydrogen (secondary N) is 1. The molecule has 0 aliphatic carbocycles. The third-order valence-corrected chi connectivity index (χ3v) is 2.80. The molecule has 1 amide bonds. The lowest BCUT2D eigenvalue weighted by Crippen LogP contribution is -2.22. The van der Waals surface area contributed by atoms with Crippen LogP contribution < -0.4 is 10.1 Å². The van der Waals surface area contributed by atoms with Gasteiger partial charge < -0.3 is 14.5 Å². The largest absolute Gasteiger partial charge is 0.497 e. The minimum absolute atomic E-state index is 0.0132. The normalized spacial score (nSPS) is 10.2. The molecule has 100 valence electrons. The number of benzene rings is 1. The number of carbonyl (C=O) groups is 1. The number of carbonyl (C=O) groups excluding carboxylic acids is 1. The Morgan fingerprint density at radius 3 is 2.95 bits per heavy atom. The van der Waals surface area contributed by atoms with E-state index in [-0.39, 0.29) is 5.91 Å². The Balaban J connectivity index is 1.76. The number of amides is 1. The van der Waals surface area contributed by atoms with Crippen LogP contribution in [0.15, 0.2) is 47.1 Å². The smallest absolute Gasteiger partial charge is 0.220 e. The molecule has 19 heavy (non-hydrogen) atoms. The Morgan fingerprint density at radius 1 is 1.32 bits per heavy atom. The number of rotatable bonds is 6. The molecule has 0 aliphatic rings. The topological polar surface area (TPSA) is 51.5 Å². The van der Waals surface area contributed by atoms with E-state index in [1.54, 1.807) is 13.4 Å². The summed E-state index contributed by atoms with van der Waals surface area (Å²) in [5, 5.41) is 2.88. The van der Waals surface area contributed by atoms with E-state index in [2.05, 4.69) is 5.32 Å². The van der Waals surface area contributed by atoms with Crippen LogP contribution in [0.2, 0.25) is 0 Å². The van der Waals surface area contributed by atoms with Gasteiger partial charge in [0.2, 0.25) is 5.91 Å². The highest BCUT2D eigenvalue weighted by Crippen LogP contribution is 2.12. The predicted octanol–water partition coefficient (Wildman–Crippen LogP) is 2.54. The summed E-state index contributed by atoms with van der Waals surface area (Å²) in [7, 11) is 1.63. The summed E-state index contributed by atoms with van der Waals surface area (Å²) in [5.74, 6) is 1.64. The van der Waals surface area contributed by atoms with E-state index < -0.39 is 0 Å². The van der Waals surface area contributed by atoms with Gasteiger partial charge in [-0.15, -0.1) is 0 Å². The Labute approximate surface area is 112 Å². The Kier molecular flexibility index (Phi) is 4.61. The van der Waals surface area contributed by atoms with Crippen molar-refractivity contribution < 1.29 is 13.9 Å². The summed E-state index contributed by atoms with van der Waals surface area (Å²) in [6, 6.07) is 11.3. The molecule has 2 rings (SSSR count). The number of ether oxygens (including phenoxy) is 1. The van der Waals surface area contributed by atoms with E-state index in [0.29, 0.717) is 19.4 Å². The van der Waals surface area contributed by atoms with Crippen molar-refractivity contribution >= 4 is 5.91 Å². The van der Waals surface area contributed by atoms with Gasteiger partial charge in [-0.05, 0) is 29.8 Å². The molecular weight excluding hydrogens is 242 g/mol. The Bertz CT molecular complexity index is 520. The SMILES string of the molecule is COc1cccc(CNC(=O)CCc2ccco2)c1. The van der Waals surface area contributed by atoms with Crippen LogP contribution in [0.4, 0.5) is 0 Å². The molecule has 0 fully saturated rings. The highest BCUT2D eigenvalue weighted by molar-refractivity contribution is 5.76. The van der Waals surface area contributed by atoms with Gasteiger partial charge in [-0.1, -0.05) is 12.1 Å². The van der Waals surface area contributed by atoms with Crippen molar-refractivity contribution in [2.24, 2.45) is 0 Å². The lowest BCUT2D eigenvalue weighted by molar-refractivity contribution is -0.121. The third-order valence-electron chi connectivity index (χ3n) is 2.80. The molecule has 1 N–H and O–H groups in total. The summed E-state index contributed by atoms with van der Waals surface area (Å²) < 4.78 is 10.3. The zero-order valence-electron chi connectivity index (χ0n) is 10.9. The lowest BCUT2D eigenvalue weighted by Gasteiger charge is -2.06. The summed E-state index contributed by atoms with van der Waals surface area (Å²) in [4.78, 5) is 11.7. The van der Waals surface area contributed by atoms with Crippen molar-refractivity contribution in [1.29, 1.82) is 0 Å². The molecule has 0 spiro atoms. The molecule has 1 aromatic heterocycles. The first-order valence-electron chi connectivity index (χ1n) is 6.20. The Morgan fingerprint density at radius 2 is 2.21 bits per heavy atom. The van der Waals surface area contributed by atoms with Gasteiger partial charge in [-0.3, -0.25) is 4.79 Å². The maximum absolute atomic E-state index is 11.7. The van der Waals surface area contributed by atoms with Crippen molar-refractivity contribution in [3.63, 3.8) is 0 Å². The van der Waals surface area contributed by atoms with Gasteiger partial charge >= 0.3 is 0 Å². The first-order valence-corrected chi connectivity index (χ1v) is 6.20. The second-order valence-electron chi connectivity index (χ2n) is 4.21. The van der Waals surface area contributed by atoms with Gasteiger partial charge in [-0.2, -0.15) is 0 Å². The van der Waals surface area contributed by atoms with Gasteiger partial charge in [0.1, 0.15) is 11.5 Å². The molecule has 1 heterocycles. The Hall–Kier alpha value is -2.23. The van der Waals surface area contributed by atoms with Gasteiger partial charge in [0.15, 0.2) is 0 Å². The quantitative estimate of drug-likeness (QED) is 0.867. The molecule has 0 saturated heterocycles. The lowest BCUT2D eigenvalue weighted by atomic mass is 10.2. The first kappa shape index (κ1) is 13.2. The number of hydrogen-bond donors (Lipinski definition) is 1. The molecule has 1 aromatic carbocycles. The maximum Gasteiger partial charge on any atom is 0.220 e. The van der Waals surface area contributed by atoms with Crippen LogP contribution in [0.3, 0.4) is 0 Å². The van der Waals surface area contributed by atoms with Crippen LogP contribution in [-0.4, -0.2) is 13.0 Å². The zero-order valence-corrected chi connectivity index (χ0v) is 10.9. The molecule has 2 aromatic rings. The fraction of sp³-hybridized carbons (Fsp3) is 0.267. The zero-order chi connectivity index (χ0) is 13.5. The van der Waals surface area contributed by atoms with Crippen LogP contribution in [0, 0.1) is 0 Å². The van der Waals surface area contributed by atoms with Gasteiger partial charge in [0.05, 0.1) is 13.4 Å². The van der Waals surface area contributed by atoms with E-state index in [1.807, 2.05) is 36.4 Å². The van der Waals surface area contributed by atoms with E-state index in [4.69, 9.17) is 9.15 Å². The minimum Gasteiger partial charge on any atom is -0.497 e. The number of methoxy groups -OCH3 is 1. The second kappa shape index (κ2) is 6.64. The van der Waals surface area contributed by atoms with Crippen molar-refractivity contribution in [1.82, 2.24) is 5.32 Å². The van der Waals surface area contributed by atoms with Gasteiger partial charge in [0.25, 0.3) is 0 Å². The number of hydrogen-bond acceptors (Lipinski definition) is 3. The summed E-state index contributed by atoms with van der Waals surface area (Å²) in [6.45, 7) is 0.508. The molecular formula is C15H17NO3. The van der Waals surface area contributed by atoms with E-state index >= 15 is 0 Å².